The summed E-state index contributed by atoms with van der Waals surface area (Å²) in [4.78, 5) is 11.5. The smallest absolute Gasteiger partial charge is 0.319 e. The molecule has 0 heterocycles. The summed E-state index contributed by atoms with van der Waals surface area (Å²) in [5, 5.41) is 12.7. The van der Waals surface area contributed by atoms with Crippen molar-refractivity contribution in [3.63, 3.8) is 0 Å². The minimum Gasteiger partial charge on any atom is -0.465 e. The van der Waals surface area contributed by atoms with Crippen LogP contribution in [0.15, 0.2) is 0 Å². The summed E-state index contributed by atoms with van der Waals surface area (Å²) < 4.78 is 5.10. The maximum atomic E-state index is 11.5. The fraction of sp³-hybridized carbons (Fsp3) is 0.929. The Hall–Kier alpha value is -0.610. The van der Waals surface area contributed by atoms with Gasteiger partial charge in [-0.25, -0.2) is 0 Å². The number of hydrogen-bond acceptors (Lipinski definition) is 4. The Morgan fingerprint density at radius 1 is 1.44 bits per heavy atom. The Bertz CT molecular complexity index is 247. The summed E-state index contributed by atoms with van der Waals surface area (Å²) in [6, 6.07) is 0. The Morgan fingerprint density at radius 2 is 2.11 bits per heavy atom. The average molecular weight is 257 g/mol. The van der Waals surface area contributed by atoms with E-state index in [9.17, 15) is 9.90 Å². The van der Waals surface area contributed by atoms with Crippen LogP contribution in [0.3, 0.4) is 0 Å². The van der Waals surface area contributed by atoms with Crippen LogP contribution in [0.2, 0.25) is 0 Å². The van der Waals surface area contributed by atoms with Gasteiger partial charge in [0.2, 0.25) is 0 Å². The van der Waals surface area contributed by atoms with Crippen molar-refractivity contribution in [3.8, 4) is 0 Å². The van der Waals surface area contributed by atoms with E-state index >= 15 is 0 Å². The fourth-order valence-corrected chi connectivity index (χ4v) is 2.35. The van der Waals surface area contributed by atoms with Gasteiger partial charge in [0, 0.05) is 5.54 Å². The summed E-state index contributed by atoms with van der Waals surface area (Å²) in [7, 11) is 0. The van der Waals surface area contributed by atoms with E-state index < -0.39 is 0 Å². The molecule has 2 N–H and O–H groups in total. The predicted molar refractivity (Wildman–Crippen MR) is 71.3 cm³/mol. The Balaban J connectivity index is 2.28. The normalized spacial score (nSPS) is 28.1. The first-order valence-electron chi connectivity index (χ1n) is 7.13. The van der Waals surface area contributed by atoms with Crippen molar-refractivity contribution >= 4 is 5.97 Å². The first kappa shape index (κ1) is 15.4. The van der Waals surface area contributed by atoms with Crippen LogP contribution in [-0.4, -0.2) is 36.4 Å². The molecule has 0 amide bonds. The van der Waals surface area contributed by atoms with Crippen molar-refractivity contribution in [1.29, 1.82) is 0 Å². The number of esters is 1. The number of aliphatic hydroxyl groups excluding tert-OH is 1. The molecule has 0 aromatic rings. The zero-order valence-corrected chi connectivity index (χ0v) is 11.7. The molecule has 0 unspecified atom stereocenters. The van der Waals surface area contributed by atoms with Crippen LogP contribution in [0, 0.1) is 5.92 Å². The highest BCUT2D eigenvalue weighted by Gasteiger charge is 2.33. The van der Waals surface area contributed by atoms with Crippen LogP contribution in [0.1, 0.15) is 52.4 Å². The molecule has 18 heavy (non-hydrogen) atoms. The van der Waals surface area contributed by atoms with E-state index in [0.717, 1.165) is 44.4 Å². The largest absolute Gasteiger partial charge is 0.465 e. The van der Waals surface area contributed by atoms with Gasteiger partial charge in [0.15, 0.2) is 0 Å². The maximum Gasteiger partial charge on any atom is 0.319 e. The van der Waals surface area contributed by atoms with Crippen molar-refractivity contribution in [2.45, 2.75) is 57.9 Å². The molecular weight excluding hydrogens is 230 g/mol. The van der Waals surface area contributed by atoms with Gasteiger partial charge in [-0.15, -0.1) is 0 Å². The van der Waals surface area contributed by atoms with Crippen LogP contribution in [-0.2, 0) is 9.53 Å². The summed E-state index contributed by atoms with van der Waals surface area (Å²) in [5.41, 5.74) is -0.268. The number of hydrogen-bond donors (Lipinski definition) is 2. The third kappa shape index (κ3) is 4.94. The number of nitrogens with one attached hydrogen (secondary N) is 1. The number of ether oxygens (including phenoxy) is 1. The molecule has 1 saturated carbocycles. The van der Waals surface area contributed by atoms with E-state index in [4.69, 9.17) is 4.74 Å². The van der Waals surface area contributed by atoms with E-state index in [0.29, 0.717) is 6.61 Å². The zero-order valence-electron chi connectivity index (χ0n) is 11.7. The maximum absolute atomic E-state index is 11.5. The van der Waals surface area contributed by atoms with E-state index in [-0.39, 0.29) is 24.7 Å². The number of carbonyl (C=O) groups excluding carboxylic acids is 1. The molecule has 0 spiro atoms. The van der Waals surface area contributed by atoms with Gasteiger partial charge in [-0.05, 0) is 38.0 Å². The summed E-state index contributed by atoms with van der Waals surface area (Å²) >= 11 is 0. The standard InChI is InChI=1S/C14H27NO3/c1-3-4-9-18-13(17)10-15-14(11-16)7-5-12(2)6-8-14/h12,15-16H,3-11H2,1-2H3. The number of unbranched alkanes of at least 4 members (excludes halogenated alkanes) is 1. The molecule has 0 aliphatic heterocycles. The van der Waals surface area contributed by atoms with Crippen LogP contribution in [0.25, 0.3) is 0 Å². The minimum atomic E-state index is -0.268. The van der Waals surface area contributed by atoms with Gasteiger partial charge < -0.3 is 9.84 Å². The van der Waals surface area contributed by atoms with Crippen LogP contribution in [0.5, 0.6) is 0 Å². The molecule has 1 aliphatic rings. The van der Waals surface area contributed by atoms with Gasteiger partial charge >= 0.3 is 5.97 Å². The minimum absolute atomic E-state index is 0.0992. The van der Waals surface area contributed by atoms with E-state index in [1.807, 2.05) is 0 Å². The van der Waals surface area contributed by atoms with E-state index in [1.54, 1.807) is 0 Å². The molecule has 4 heteroatoms. The average Bonchev–Trinajstić information content (AvgIpc) is 2.39. The zero-order chi connectivity index (χ0) is 13.4. The first-order chi connectivity index (χ1) is 8.62. The fourth-order valence-electron chi connectivity index (χ4n) is 2.35. The van der Waals surface area contributed by atoms with Crippen molar-refractivity contribution in [1.82, 2.24) is 5.32 Å². The van der Waals surface area contributed by atoms with Gasteiger partial charge in [0.1, 0.15) is 0 Å². The molecule has 4 nitrogen and oxygen atoms in total. The van der Waals surface area contributed by atoms with Crippen molar-refractivity contribution < 1.29 is 14.6 Å². The second kappa shape index (κ2) is 7.74. The SMILES string of the molecule is CCCCOC(=O)CNC1(CO)CCC(C)CC1. The first-order valence-corrected chi connectivity index (χ1v) is 7.13. The van der Waals surface area contributed by atoms with Crippen LogP contribution < -0.4 is 5.32 Å². The number of aliphatic hydroxyl groups is 1. The lowest BCUT2D eigenvalue weighted by Gasteiger charge is -2.38. The monoisotopic (exact) mass is 257 g/mol. The van der Waals surface area contributed by atoms with Gasteiger partial charge in [-0.2, -0.15) is 0 Å². The van der Waals surface area contributed by atoms with E-state index in [1.165, 1.54) is 0 Å². The molecule has 106 valence electrons. The molecule has 1 aliphatic carbocycles. The lowest BCUT2D eigenvalue weighted by molar-refractivity contribution is -0.143. The molecule has 1 rings (SSSR count). The molecule has 0 radical (unpaired) electrons. The third-order valence-electron chi connectivity index (χ3n) is 3.90. The number of rotatable bonds is 7. The van der Waals surface area contributed by atoms with Gasteiger partial charge in [-0.3, -0.25) is 10.1 Å². The molecule has 1 fully saturated rings. The summed E-state index contributed by atoms with van der Waals surface area (Å²) in [6.07, 6.45) is 6.03. The second-order valence-corrected chi connectivity index (χ2v) is 5.55. The second-order valence-electron chi connectivity index (χ2n) is 5.55. The van der Waals surface area contributed by atoms with Crippen molar-refractivity contribution in [2.75, 3.05) is 19.8 Å². The van der Waals surface area contributed by atoms with Crippen LogP contribution >= 0.6 is 0 Å². The van der Waals surface area contributed by atoms with Gasteiger partial charge in [0.05, 0.1) is 19.8 Å². The quantitative estimate of drug-likeness (QED) is 0.540. The highest BCUT2D eigenvalue weighted by Crippen LogP contribution is 2.31. The molecule has 0 atom stereocenters. The summed E-state index contributed by atoms with van der Waals surface area (Å²) in [5.74, 6) is 0.512. The lowest BCUT2D eigenvalue weighted by Crippen LogP contribution is -2.52. The topological polar surface area (TPSA) is 58.6 Å². The molecule has 0 aromatic carbocycles. The molecule has 0 aromatic heterocycles. The van der Waals surface area contributed by atoms with E-state index in [2.05, 4.69) is 19.2 Å². The highest BCUT2D eigenvalue weighted by molar-refractivity contribution is 5.71. The predicted octanol–water partition coefficient (Wildman–Crippen LogP) is 1.86. The Kier molecular flexibility index (Phi) is 6.65. The molecule has 0 saturated heterocycles. The van der Waals surface area contributed by atoms with Crippen molar-refractivity contribution in [3.05, 3.63) is 0 Å². The Labute approximate surface area is 110 Å². The Morgan fingerprint density at radius 3 is 2.67 bits per heavy atom. The molecular formula is C14H27NO3. The van der Waals surface area contributed by atoms with Gasteiger partial charge in [0.25, 0.3) is 0 Å². The van der Waals surface area contributed by atoms with Gasteiger partial charge in [-0.1, -0.05) is 20.3 Å². The molecule has 0 bridgehead atoms. The van der Waals surface area contributed by atoms with Crippen LogP contribution in [0.4, 0.5) is 0 Å². The highest BCUT2D eigenvalue weighted by atomic mass is 16.5. The lowest BCUT2D eigenvalue weighted by atomic mass is 9.77. The third-order valence-corrected chi connectivity index (χ3v) is 3.90. The summed E-state index contributed by atoms with van der Waals surface area (Å²) in [6.45, 7) is 5.11. The number of carbonyl (C=O) groups is 1. The van der Waals surface area contributed by atoms with Crippen molar-refractivity contribution in [2.24, 2.45) is 5.92 Å².